The van der Waals surface area contributed by atoms with E-state index in [1.54, 1.807) is 4.90 Å². The minimum atomic E-state index is -3.21. The van der Waals surface area contributed by atoms with Gasteiger partial charge in [0.05, 0.1) is 11.2 Å². The van der Waals surface area contributed by atoms with E-state index in [1.165, 1.54) is 0 Å². The summed E-state index contributed by atoms with van der Waals surface area (Å²) in [5.41, 5.74) is 1.04. The minimum absolute atomic E-state index is 0.0594. The van der Waals surface area contributed by atoms with Gasteiger partial charge in [0.25, 0.3) is 0 Å². The maximum Gasteiger partial charge on any atom is 0.198 e. The Morgan fingerprint density at radius 2 is 1.94 bits per heavy atom. The first-order valence-corrected chi connectivity index (χ1v) is 6.71. The van der Waals surface area contributed by atoms with Crippen LogP contribution < -0.4 is 0 Å². The average molecular weight is 239 g/mol. The van der Waals surface area contributed by atoms with Crippen LogP contribution in [0.15, 0.2) is 41.6 Å². The topological polar surface area (TPSA) is 57.6 Å². The van der Waals surface area contributed by atoms with Crippen molar-refractivity contribution in [2.24, 2.45) is 0 Å². The highest BCUT2D eigenvalue weighted by molar-refractivity contribution is 7.94. The Bertz CT molecular complexity index is 493. The zero-order valence-corrected chi connectivity index (χ0v) is 9.52. The second kappa shape index (κ2) is 4.17. The molecule has 1 aliphatic heterocycles. The number of benzene rings is 1. The van der Waals surface area contributed by atoms with Crippen molar-refractivity contribution in [1.29, 1.82) is 0 Å². The van der Waals surface area contributed by atoms with E-state index in [0.29, 0.717) is 13.1 Å². The first-order valence-electron chi connectivity index (χ1n) is 4.99. The van der Waals surface area contributed by atoms with Crippen molar-refractivity contribution in [1.82, 2.24) is 4.90 Å². The van der Waals surface area contributed by atoms with Gasteiger partial charge in [-0.1, -0.05) is 30.3 Å². The fourth-order valence-electron chi connectivity index (χ4n) is 1.61. The predicted octanol–water partition coefficient (Wildman–Crippen LogP) is 1.27. The highest BCUT2D eigenvalue weighted by atomic mass is 32.2. The number of sulfone groups is 1. The molecule has 1 aromatic rings. The monoisotopic (exact) mass is 239 g/mol. The second-order valence-corrected chi connectivity index (χ2v) is 5.72. The lowest BCUT2D eigenvalue weighted by Gasteiger charge is -2.26. The molecule has 0 aliphatic carbocycles. The number of hydrogen-bond acceptors (Lipinski definition) is 4. The third-order valence-corrected chi connectivity index (χ3v) is 3.79. The van der Waals surface area contributed by atoms with Crippen LogP contribution in [0.5, 0.6) is 0 Å². The molecule has 0 radical (unpaired) electrons. The van der Waals surface area contributed by atoms with Gasteiger partial charge < -0.3 is 10.0 Å². The van der Waals surface area contributed by atoms with Crippen LogP contribution in [0.25, 0.3) is 0 Å². The summed E-state index contributed by atoms with van der Waals surface area (Å²) >= 11 is 0. The lowest BCUT2D eigenvalue weighted by Crippen LogP contribution is -2.32. The van der Waals surface area contributed by atoms with Gasteiger partial charge in [0.1, 0.15) is 0 Å². The molecule has 1 heterocycles. The van der Waals surface area contributed by atoms with E-state index in [9.17, 15) is 13.5 Å². The Labute approximate surface area is 94.7 Å². The van der Waals surface area contributed by atoms with Crippen molar-refractivity contribution in [2.45, 2.75) is 6.54 Å². The maximum atomic E-state index is 11.2. The summed E-state index contributed by atoms with van der Waals surface area (Å²) in [7, 11) is -3.21. The molecule has 0 bridgehead atoms. The van der Waals surface area contributed by atoms with Crippen LogP contribution in [-0.2, 0) is 16.4 Å². The number of nitrogens with zero attached hydrogens (tertiary/aromatic N) is 1. The summed E-state index contributed by atoms with van der Waals surface area (Å²) in [6.45, 7) is 0.859. The number of aliphatic hydroxyl groups excluding tert-OH is 1. The van der Waals surface area contributed by atoms with Crippen molar-refractivity contribution < 1.29 is 13.5 Å². The molecule has 0 saturated heterocycles. The normalized spacial score (nSPS) is 19.2. The fraction of sp³-hybridized carbons (Fsp3) is 0.273. The second-order valence-electron chi connectivity index (χ2n) is 3.75. The standard InChI is InChI=1S/C11H13NO3S/c13-11-9-16(14,15)7-6-12(11)8-10-4-2-1-3-5-10/h1-5,9,13H,6-8H2. The van der Waals surface area contributed by atoms with Gasteiger partial charge in [-0.05, 0) is 5.56 Å². The molecule has 16 heavy (non-hydrogen) atoms. The van der Waals surface area contributed by atoms with Gasteiger partial charge in [0, 0.05) is 13.1 Å². The van der Waals surface area contributed by atoms with E-state index in [1.807, 2.05) is 30.3 Å². The van der Waals surface area contributed by atoms with E-state index in [4.69, 9.17) is 0 Å². The van der Waals surface area contributed by atoms with Crippen molar-refractivity contribution in [3.63, 3.8) is 0 Å². The molecule has 0 spiro atoms. The SMILES string of the molecule is O=S1(=O)C=C(O)N(Cc2ccccc2)CC1. The van der Waals surface area contributed by atoms with Crippen LogP contribution in [0.4, 0.5) is 0 Å². The van der Waals surface area contributed by atoms with Crippen LogP contribution >= 0.6 is 0 Å². The molecule has 1 aromatic carbocycles. The number of aliphatic hydroxyl groups is 1. The molecular formula is C11H13NO3S. The molecule has 86 valence electrons. The lowest BCUT2D eigenvalue weighted by molar-refractivity contribution is 0.200. The Morgan fingerprint density at radius 1 is 1.25 bits per heavy atom. The Kier molecular flexibility index (Phi) is 2.87. The largest absolute Gasteiger partial charge is 0.494 e. The highest BCUT2D eigenvalue weighted by Gasteiger charge is 2.21. The Balaban J connectivity index is 2.14. The van der Waals surface area contributed by atoms with Gasteiger partial charge in [-0.25, -0.2) is 8.42 Å². The molecule has 0 fully saturated rings. The third-order valence-electron chi connectivity index (χ3n) is 2.47. The fourth-order valence-corrected chi connectivity index (χ4v) is 2.67. The zero-order valence-electron chi connectivity index (χ0n) is 8.70. The average Bonchev–Trinajstić information content (AvgIpc) is 2.23. The first-order chi connectivity index (χ1) is 7.57. The summed E-state index contributed by atoms with van der Waals surface area (Å²) in [5, 5.41) is 10.5. The van der Waals surface area contributed by atoms with E-state index in [0.717, 1.165) is 11.0 Å². The van der Waals surface area contributed by atoms with Gasteiger partial charge in [-0.3, -0.25) is 0 Å². The third kappa shape index (κ3) is 2.55. The predicted molar refractivity (Wildman–Crippen MR) is 61.4 cm³/mol. The van der Waals surface area contributed by atoms with Crippen LogP contribution in [0.1, 0.15) is 5.56 Å². The highest BCUT2D eigenvalue weighted by Crippen LogP contribution is 2.15. The maximum absolute atomic E-state index is 11.2. The molecule has 0 amide bonds. The zero-order chi connectivity index (χ0) is 11.6. The van der Waals surface area contributed by atoms with Gasteiger partial charge in [0.15, 0.2) is 15.7 Å². The molecule has 1 aliphatic rings. The van der Waals surface area contributed by atoms with E-state index >= 15 is 0 Å². The van der Waals surface area contributed by atoms with E-state index in [-0.39, 0.29) is 11.6 Å². The molecule has 4 nitrogen and oxygen atoms in total. The van der Waals surface area contributed by atoms with Gasteiger partial charge in [0.2, 0.25) is 0 Å². The first kappa shape index (κ1) is 11.0. The van der Waals surface area contributed by atoms with Gasteiger partial charge in [-0.2, -0.15) is 0 Å². The summed E-state index contributed by atoms with van der Waals surface area (Å²) in [6, 6.07) is 9.63. The van der Waals surface area contributed by atoms with Crippen molar-refractivity contribution in [3.05, 3.63) is 47.2 Å². The molecule has 2 rings (SSSR count). The van der Waals surface area contributed by atoms with Crippen LogP contribution in [-0.4, -0.2) is 30.7 Å². The van der Waals surface area contributed by atoms with E-state index in [2.05, 4.69) is 0 Å². The van der Waals surface area contributed by atoms with Crippen LogP contribution in [0.2, 0.25) is 0 Å². The van der Waals surface area contributed by atoms with Crippen molar-refractivity contribution in [3.8, 4) is 0 Å². The van der Waals surface area contributed by atoms with Crippen LogP contribution in [0, 0.1) is 0 Å². The van der Waals surface area contributed by atoms with Crippen molar-refractivity contribution >= 4 is 9.84 Å². The molecular weight excluding hydrogens is 226 g/mol. The molecule has 0 unspecified atom stereocenters. The van der Waals surface area contributed by atoms with Gasteiger partial charge >= 0.3 is 0 Å². The molecule has 5 heteroatoms. The van der Waals surface area contributed by atoms with E-state index < -0.39 is 9.84 Å². The number of hydrogen-bond donors (Lipinski definition) is 1. The Morgan fingerprint density at radius 3 is 2.56 bits per heavy atom. The molecule has 0 atom stereocenters. The quantitative estimate of drug-likeness (QED) is 0.844. The summed E-state index contributed by atoms with van der Waals surface area (Å²) < 4.78 is 22.4. The Hall–Kier alpha value is -1.49. The molecule has 1 N–H and O–H groups in total. The minimum Gasteiger partial charge on any atom is -0.494 e. The molecule has 0 saturated carbocycles. The summed E-state index contributed by atoms with van der Waals surface area (Å²) in [6.07, 6.45) is 0. The lowest BCUT2D eigenvalue weighted by atomic mass is 10.2. The van der Waals surface area contributed by atoms with Crippen molar-refractivity contribution in [2.75, 3.05) is 12.3 Å². The number of rotatable bonds is 2. The smallest absolute Gasteiger partial charge is 0.198 e. The van der Waals surface area contributed by atoms with Crippen LogP contribution in [0.3, 0.4) is 0 Å². The van der Waals surface area contributed by atoms with Gasteiger partial charge in [-0.15, -0.1) is 0 Å². The molecule has 0 aromatic heterocycles. The summed E-state index contributed by atoms with van der Waals surface area (Å²) in [4.78, 5) is 1.65. The summed E-state index contributed by atoms with van der Waals surface area (Å²) in [5.74, 6) is -0.112.